The lowest BCUT2D eigenvalue weighted by atomic mass is 9.95. The molecule has 0 radical (unpaired) electrons. The number of hydrogen-bond acceptors (Lipinski definition) is 3. The first-order valence-electron chi connectivity index (χ1n) is 6.86. The third-order valence-electron chi connectivity index (χ3n) is 3.56. The Balaban J connectivity index is 1.90. The summed E-state index contributed by atoms with van der Waals surface area (Å²) in [7, 11) is 0. The minimum absolute atomic E-state index is 0.0376. The van der Waals surface area contributed by atoms with Gasteiger partial charge in [0.2, 0.25) is 5.91 Å². The van der Waals surface area contributed by atoms with Crippen molar-refractivity contribution in [3.63, 3.8) is 0 Å². The van der Waals surface area contributed by atoms with Gasteiger partial charge in [-0.05, 0) is 57.0 Å². The molecule has 1 heterocycles. The van der Waals surface area contributed by atoms with Crippen molar-refractivity contribution < 1.29 is 9.90 Å². The van der Waals surface area contributed by atoms with E-state index in [9.17, 15) is 9.90 Å². The molecule has 0 aliphatic carbocycles. The molecule has 0 spiro atoms. The van der Waals surface area contributed by atoms with E-state index in [2.05, 4.69) is 21.2 Å². The number of anilines is 1. The van der Waals surface area contributed by atoms with Gasteiger partial charge in [-0.15, -0.1) is 0 Å². The Morgan fingerprint density at radius 2 is 2.30 bits per heavy atom. The third kappa shape index (κ3) is 4.30. The first kappa shape index (κ1) is 15.5. The summed E-state index contributed by atoms with van der Waals surface area (Å²) in [6.07, 6.45) is 1.73. The molecule has 2 rings (SSSR count). The lowest BCUT2D eigenvalue weighted by Gasteiger charge is -2.36. The standard InChI is InChI=1S/C15H21BrN2O2/c1-11-8-12(4-5-13(11)16)17-14(19)9-18-7-3-6-15(2,20)10-18/h4-5,8,20H,3,6-7,9-10H2,1-2H3,(H,17,19). The zero-order valence-electron chi connectivity index (χ0n) is 11.9. The van der Waals surface area contributed by atoms with Crippen LogP contribution in [0.15, 0.2) is 22.7 Å². The van der Waals surface area contributed by atoms with Gasteiger partial charge >= 0.3 is 0 Å². The fourth-order valence-corrected chi connectivity index (χ4v) is 2.83. The highest BCUT2D eigenvalue weighted by Gasteiger charge is 2.29. The minimum Gasteiger partial charge on any atom is -0.389 e. The highest BCUT2D eigenvalue weighted by molar-refractivity contribution is 9.10. The Kier molecular flexibility index (Phi) is 4.83. The van der Waals surface area contributed by atoms with E-state index in [-0.39, 0.29) is 5.91 Å². The quantitative estimate of drug-likeness (QED) is 0.888. The van der Waals surface area contributed by atoms with Crippen LogP contribution < -0.4 is 5.32 Å². The van der Waals surface area contributed by atoms with E-state index in [1.807, 2.05) is 36.9 Å². The summed E-state index contributed by atoms with van der Waals surface area (Å²) in [5, 5.41) is 12.9. The molecule has 1 atom stereocenters. The first-order chi connectivity index (χ1) is 9.35. The van der Waals surface area contributed by atoms with Crippen LogP contribution in [0, 0.1) is 6.92 Å². The van der Waals surface area contributed by atoms with Crippen LogP contribution in [0.25, 0.3) is 0 Å². The smallest absolute Gasteiger partial charge is 0.238 e. The molecule has 0 aromatic heterocycles. The van der Waals surface area contributed by atoms with Gasteiger partial charge in [0.15, 0.2) is 0 Å². The van der Waals surface area contributed by atoms with Crippen LogP contribution in [0.5, 0.6) is 0 Å². The van der Waals surface area contributed by atoms with Crippen LogP contribution in [0.2, 0.25) is 0 Å². The number of hydrogen-bond donors (Lipinski definition) is 2. The Morgan fingerprint density at radius 3 is 2.95 bits per heavy atom. The van der Waals surface area contributed by atoms with Gasteiger partial charge in [0.25, 0.3) is 0 Å². The summed E-state index contributed by atoms with van der Waals surface area (Å²) in [4.78, 5) is 14.0. The predicted octanol–water partition coefficient (Wildman–Crippen LogP) is 2.54. The number of aliphatic hydroxyl groups is 1. The molecule has 1 saturated heterocycles. The lowest BCUT2D eigenvalue weighted by Crippen LogP contribution is -2.48. The number of aryl methyl sites for hydroxylation is 1. The number of nitrogens with one attached hydrogen (secondary N) is 1. The Hall–Kier alpha value is -0.910. The van der Waals surface area contributed by atoms with Crippen LogP contribution >= 0.6 is 15.9 Å². The van der Waals surface area contributed by atoms with Gasteiger partial charge in [0, 0.05) is 16.7 Å². The predicted molar refractivity (Wildman–Crippen MR) is 83.8 cm³/mol. The zero-order chi connectivity index (χ0) is 14.8. The molecule has 0 bridgehead atoms. The normalized spacial score (nSPS) is 23.6. The zero-order valence-corrected chi connectivity index (χ0v) is 13.5. The number of halogens is 1. The summed E-state index contributed by atoms with van der Waals surface area (Å²) < 4.78 is 1.03. The Labute approximate surface area is 128 Å². The number of carbonyl (C=O) groups excluding carboxylic acids is 1. The highest BCUT2D eigenvalue weighted by Crippen LogP contribution is 2.21. The monoisotopic (exact) mass is 340 g/mol. The molecular weight excluding hydrogens is 320 g/mol. The van der Waals surface area contributed by atoms with Crippen molar-refractivity contribution in [1.29, 1.82) is 0 Å². The van der Waals surface area contributed by atoms with Crippen molar-refractivity contribution in [3.8, 4) is 0 Å². The van der Waals surface area contributed by atoms with E-state index >= 15 is 0 Å². The summed E-state index contributed by atoms with van der Waals surface area (Å²) in [5.41, 5.74) is 1.22. The van der Waals surface area contributed by atoms with Crippen LogP contribution in [0.3, 0.4) is 0 Å². The first-order valence-corrected chi connectivity index (χ1v) is 7.66. The van der Waals surface area contributed by atoms with Crippen molar-refractivity contribution in [2.45, 2.75) is 32.3 Å². The summed E-state index contributed by atoms with van der Waals surface area (Å²) in [6.45, 7) is 5.56. The number of benzene rings is 1. The fourth-order valence-electron chi connectivity index (χ4n) is 2.58. The topological polar surface area (TPSA) is 52.6 Å². The number of rotatable bonds is 3. The molecule has 1 unspecified atom stereocenters. The van der Waals surface area contributed by atoms with Gasteiger partial charge in [0.1, 0.15) is 0 Å². The van der Waals surface area contributed by atoms with Crippen molar-refractivity contribution in [3.05, 3.63) is 28.2 Å². The molecule has 4 nitrogen and oxygen atoms in total. The van der Waals surface area contributed by atoms with Crippen LogP contribution in [0.1, 0.15) is 25.3 Å². The molecule has 1 aliphatic rings. The van der Waals surface area contributed by atoms with Gasteiger partial charge < -0.3 is 10.4 Å². The van der Waals surface area contributed by atoms with Crippen LogP contribution in [-0.4, -0.2) is 41.1 Å². The second-order valence-corrected chi connectivity index (χ2v) is 6.68. The highest BCUT2D eigenvalue weighted by atomic mass is 79.9. The summed E-state index contributed by atoms with van der Waals surface area (Å²) in [6, 6.07) is 5.74. The van der Waals surface area contributed by atoms with E-state index in [0.717, 1.165) is 35.1 Å². The maximum atomic E-state index is 12.0. The summed E-state index contributed by atoms with van der Waals surface area (Å²) >= 11 is 3.44. The van der Waals surface area contributed by atoms with E-state index in [1.54, 1.807) is 0 Å². The van der Waals surface area contributed by atoms with Gasteiger partial charge in [-0.25, -0.2) is 0 Å². The average molecular weight is 341 g/mol. The lowest BCUT2D eigenvalue weighted by molar-refractivity contribution is -0.118. The second-order valence-electron chi connectivity index (χ2n) is 5.82. The molecule has 1 aliphatic heterocycles. The van der Waals surface area contributed by atoms with E-state index in [1.165, 1.54) is 0 Å². The SMILES string of the molecule is Cc1cc(NC(=O)CN2CCCC(C)(O)C2)ccc1Br. The molecule has 110 valence electrons. The number of amides is 1. The fraction of sp³-hybridized carbons (Fsp3) is 0.533. The maximum absolute atomic E-state index is 12.0. The number of nitrogens with zero attached hydrogens (tertiary/aromatic N) is 1. The molecule has 1 fully saturated rings. The summed E-state index contributed by atoms with van der Waals surface area (Å²) in [5.74, 6) is -0.0376. The number of piperidine rings is 1. The molecule has 0 saturated carbocycles. The molecule has 5 heteroatoms. The molecule has 1 aromatic carbocycles. The van der Waals surface area contributed by atoms with E-state index in [4.69, 9.17) is 0 Å². The Bertz CT molecular complexity index is 503. The minimum atomic E-state index is -0.674. The number of β-amino-alcohol motifs (C(OH)–C–C–N with tert-alkyl or cyclic N) is 1. The molecule has 2 N–H and O–H groups in total. The number of carbonyl (C=O) groups is 1. The van der Waals surface area contributed by atoms with Crippen molar-refractivity contribution in [2.75, 3.05) is 25.0 Å². The van der Waals surface area contributed by atoms with Gasteiger partial charge in [-0.3, -0.25) is 9.69 Å². The van der Waals surface area contributed by atoms with Crippen molar-refractivity contribution in [2.24, 2.45) is 0 Å². The van der Waals surface area contributed by atoms with Crippen LogP contribution in [0.4, 0.5) is 5.69 Å². The van der Waals surface area contributed by atoms with E-state index in [0.29, 0.717) is 13.1 Å². The molecular formula is C15H21BrN2O2. The molecule has 1 aromatic rings. The average Bonchev–Trinajstić information content (AvgIpc) is 2.32. The van der Waals surface area contributed by atoms with Gasteiger partial charge in [0.05, 0.1) is 12.1 Å². The van der Waals surface area contributed by atoms with Crippen molar-refractivity contribution >= 4 is 27.5 Å². The van der Waals surface area contributed by atoms with Gasteiger partial charge in [-0.1, -0.05) is 15.9 Å². The van der Waals surface area contributed by atoms with Gasteiger partial charge in [-0.2, -0.15) is 0 Å². The van der Waals surface area contributed by atoms with Crippen molar-refractivity contribution in [1.82, 2.24) is 4.90 Å². The number of likely N-dealkylation sites (tertiary alicyclic amines) is 1. The van der Waals surface area contributed by atoms with Crippen LogP contribution in [-0.2, 0) is 4.79 Å². The van der Waals surface area contributed by atoms with E-state index < -0.39 is 5.60 Å². The Morgan fingerprint density at radius 1 is 1.55 bits per heavy atom. The second kappa shape index (κ2) is 6.24. The molecule has 1 amide bonds. The largest absolute Gasteiger partial charge is 0.389 e. The molecule has 20 heavy (non-hydrogen) atoms. The maximum Gasteiger partial charge on any atom is 0.238 e. The third-order valence-corrected chi connectivity index (χ3v) is 4.45.